The zero-order valence-corrected chi connectivity index (χ0v) is 10.8. The monoisotopic (exact) mass is 224 g/mol. The third-order valence-corrected chi connectivity index (χ3v) is 4.45. The molecule has 0 heterocycles. The molecule has 2 aliphatic carbocycles. The highest BCUT2D eigenvalue weighted by molar-refractivity contribution is 4.81. The molecule has 0 radical (unpaired) electrons. The molecule has 0 aromatic rings. The maximum Gasteiger partial charge on any atom is 0.00819 e. The van der Waals surface area contributed by atoms with E-state index in [0.29, 0.717) is 12.1 Å². The Morgan fingerprint density at radius 1 is 1.06 bits per heavy atom. The molecule has 4 unspecified atom stereocenters. The molecule has 0 aromatic carbocycles. The van der Waals surface area contributed by atoms with Crippen molar-refractivity contribution in [3.63, 3.8) is 0 Å². The first-order valence-electron chi connectivity index (χ1n) is 7.23. The largest absolute Gasteiger partial charge is 0.328 e. The Labute approximate surface area is 100 Å². The normalized spacial score (nSPS) is 40.9. The molecular weight excluding hydrogens is 196 g/mol. The molecule has 3 N–H and O–H groups in total. The summed E-state index contributed by atoms with van der Waals surface area (Å²) in [4.78, 5) is 0. The SMILES string of the molecule is CC1CCCC(CNC2CCCC(N)C2)C1. The van der Waals surface area contributed by atoms with Crippen LogP contribution in [0.25, 0.3) is 0 Å². The van der Waals surface area contributed by atoms with Crippen molar-refractivity contribution in [2.75, 3.05) is 6.54 Å². The molecule has 0 saturated heterocycles. The van der Waals surface area contributed by atoms with Crippen LogP contribution in [-0.2, 0) is 0 Å². The standard InChI is InChI=1S/C14H28N2/c1-11-4-2-5-12(8-11)10-16-14-7-3-6-13(15)9-14/h11-14,16H,2-10,15H2,1H3. The summed E-state index contributed by atoms with van der Waals surface area (Å²) in [7, 11) is 0. The highest BCUT2D eigenvalue weighted by Crippen LogP contribution is 2.28. The minimum atomic E-state index is 0.455. The van der Waals surface area contributed by atoms with Crippen LogP contribution in [0.1, 0.15) is 58.3 Å². The summed E-state index contributed by atoms with van der Waals surface area (Å²) < 4.78 is 0. The molecule has 2 saturated carbocycles. The second-order valence-corrected chi connectivity index (χ2v) is 6.17. The molecule has 4 atom stereocenters. The molecule has 2 fully saturated rings. The van der Waals surface area contributed by atoms with Gasteiger partial charge in [-0.15, -0.1) is 0 Å². The van der Waals surface area contributed by atoms with Crippen molar-refractivity contribution in [3.05, 3.63) is 0 Å². The third-order valence-electron chi connectivity index (χ3n) is 4.45. The van der Waals surface area contributed by atoms with Crippen LogP contribution in [0, 0.1) is 11.8 Å². The molecule has 2 heteroatoms. The van der Waals surface area contributed by atoms with Gasteiger partial charge in [0.05, 0.1) is 0 Å². The first-order valence-corrected chi connectivity index (χ1v) is 7.23. The van der Waals surface area contributed by atoms with E-state index < -0.39 is 0 Å². The maximum absolute atomic E-state index is 6.02. The Kier molecular flexibility index (Phi) is 4.66. The number of rotatable bonds is 3. The summed E-state index contributed by atoms with van der Waals surface area (Å²) in [6.45, 7) is 3.64. The second-order valence-electron chi connectivity index (χ2n) is 6.17. The van der Waals surface area contributed by atoms with Crippen LogP contribution in [0.15, 0.2) is 0 Å². The minimum Gasteiger partial charge on any atom is -0.328 e. The van der Waals surface area contributed by atoms with E-state index >= 15 is 0 Å². The quantitative estimate of drug-likeness (QED) is 0.773. The van der Waals surface area contributed by atoms with Gasteiger partial charge in [-0.05, 0) is 50.5 Å². The number of nitrogens with one attached hydrogen (secondary N) is 1. The van der Waals surface area contributed by atoms with Gasteiger partial charge in [0, 0.05) is 12.1 Å². The zero-order chi connectivity index (χ0) is 11.4. The van der Waals surface area contributed by atoms with Gasteiger partial charge in [0.1, 0.15) is 0 Å². The van der Waals surface area contributed by atoms with Crippen molar-refractivity contribution in [3.8, 4) is 0 Å². The Balaban J connectivity index is 1.66. The maximum atomic E-state index is 6.02. The average Bonchev–Trinajstić information content (AvgIpc) is 2.27. The molecule has 0 aliphatic heterocycles. The molecule has 2 rings (SSSR count). The molecular formula is C14H28N2. The predicted octanol–water partition coefficient (Wildman–Crippen LogP) is 2.67. The lowest BCUT2D eigenvalue weighted by Gasteiger charge is -2.31. The summed E-state index contributed by atoms with van der Waals surface area (Å²) in [5.74, 6) is 1.89. The van der Waals surface area contributed by atoms with Crippen molar-refractivity contribution in [1.82, 2.24) is 5.32 Å². The van der Waals surface area contributed by atoms with Crippen LogP contribution >= 0.6 is 0 Å². The van der Waals surface area contributed by atoms with Gasteiger partial charge in [-0.25, -0.2) is 0 Å². The molecule has 16 heavy (non-hydrogen) atoms. The highest BCUT2D eigenvalue weighted by Gasteiger charge is 2.22. The van der Waals surface area contributed by atoms with Crippen molar-refractivity contribution in [2.24, 2.45) is 17.6 Å². The fraction of sp³-hybridized carbons (Fsp3) is 1.00. The lowest BCUT2D eigenvalue weighted by molar-refractivity contribution is 0.251. The van der Waals surface area contributed by atoms with Gasteiger partial charge >= 0.3 is 0 Å². The summed E-state index contributed by atoms with van der Waals surface area (Å²) in [6.07, 6.45) is 10.9. The van der Waals surface area contributed by atoms with E-state index in [1.807, 2.05) is 0 Å². The van der Waals surface area contributed by atoms with Gasteiger partial charge < -0.3 is 11.1 Å². The fourth-order valence-electron chi connectivity index (χ4n) is 3.49. The summed E-state index contributed by atoms with van der Waals surface area (Å²) >= 11 is 0. The fourth-order valence-corrected chi connectivity index (χ4v) is 3.49. The van der Waals surface area contributed by atoms with Crippen molar-refractivity contribution < 1.29 is 0 Å². The Morgan fingerprint density at radius 2 is 1.88 bits per heavy atom. The van der Waals surface area contributed by atoms with E-state index in [9.17, 15) is 0 Å². The van der Waals surface area contributed by atoms with Crippen molar-refractivity contribution in [2.45, 2.75) is 70.4 Å². The smallest absolute Gasteiger partial charge is 0.00819 e. The van der Waals surface area contributed by atoms with Gasteiger partial charge in [-0.2, -0.15) is 0 Å². The first kappa shape index (κ1) is 12.4. The van der Waals surface area contributed by atoms with Gasteiger partial charge in [-0.3, -0.25) is 0 Å². The second kappa shape index (κ2) is 6.02. The third kappa shape index (κ3) is 3.74. The van der Waals surface area contributed by atoms with Crippen molar-refractivity contribution in [1.29, 1.82) is 0 Å². The molecule has 0 bridgehead atoms. The predicted molar refractivity (Wildman–Crippen MR) is 69.4 cm³/mol. The minimum absolute atomic E-state index is 0.455. The van der Waals surface area contributed by atoms with E-state index in [0.717, 1.165) is 11.8 Å². The Bertz CT molecular complexity index is 183. The summed E-state index contributed by atoms with van der Waals surface area (Å²) in [6, 6.07) is 1.16. The first-order chi connectivity index (χ1) is 7.74. The Hall–Kier alpha value is -0.0800. The van der Waals surface area contributed by atoms with Crippen LogP contribution in [0.3, 0.4) is 0 Å². The lowest BCUT2D eigenvalue weighted by atomic mass is 9.82. The van der Waals surface area contributed by atoms with Gasteiger partial charge in [0.15, 0.2) is 0 Å². The van der Waals surface area contributed by atoms with E-state index in [2.05, 4.69) is 12.2 Å². The average molecular weight is 224 g/mol. The number of hydrogen-bond donors (Lipinski definition) is 2. The molecule has 0 spiro atoms. The van der Waals surface area contributed by atoms with Crippen LogP contribution in [-0.4, -0.2) is 18.6 Å². The Morgan fingerprint density at radius 3 is 2.62 bits per heavy atom. The van der Waals surface area contributed by atoms with Gasteiger partial charge in [-0.1, -0.05) is 26.2 Å². The molecule has 94 valence electrons. The van der Waals surface area contributed by atoms with Gasteiger partial charge in [0.25, 0.3) is 0 Å². The van der Waals surface area contributed by atoms with E-state index in [-0.39, 0.29) is 0 Å². The van der Waals surface area contributed by atoms with E-state index in [1.54, 1.807) is 0 Å². The number of nitrogens with two attached hydrogens (primary N) is 1. The summed E-state index contributed by atoms with van der Waals surface area (Å²) in [5, 5.41) is 3.76. The zero-order valence-electron chi connectivity index (χ0n) is 10.8. The molecule has 0 amide bonds. The topological polar surface area (TPSA) is 38.0 Å². The number of hydrogen-bond acceptors (Lipinski definition) is 2. The van der Waals surface area contributed by atoms with Crippen molar-refractivity contribution >= 4 is 0 Å². The van der Waals surface area contributed by atoms with Crippen LogP contribution < -0.4 is 11.1 Å². The van der Waals surface area contributed by atoms with Crippen LogP contribution in [0.4, 0.5) is 0 Å². The lowest BCUT2D eigenvalue weighted by Crippen LogP contribution is -2.41. The molecule has 2 nitrogen and oxygen atoms in total. The summed E-state index contributed by atoms with van der Waals surface area (Å²) in [5.41, 5.74) is 6.02. The van der Waals surface area contributed by atoms with Crippen LogP contribution in [0.2, 0.25) is 0 Å². The van der Waals surface area contributed by atoms with Crippen LogP contribution in [0.5, 0.6) is 0 Å². The van der Waals surface area contributed by atoms with E-state index in [4.69, 9.17) is 5.73 Å². The molecule has 2 aliphatic rings. The van der Waals surface area contributed by atoms with E-state index in [1.165, 1.54) is 57.9 Å². The molecule has 0 aromatic heterocycles. The highest BCUT2D eigenvalue weighted by atomic mass is 14.9. The van der Waals surface area contributed by atoms with Gasteiger partial charge in [0.2, 0.25) is 0 Å².